The molecule has 0 aromatic rings. The van der Waals surface area contributed by atoms with Crippen molar-refractivity contribution in [3.05, 3.63) is 0 Å². The molecule has 0 fully saturated rings. The van der Waals surface area contributed by atoms with Gasteiger partial charge in [-0.2, -0.15) is 0 Å². The molecule has 0 amide bonds. The van der Waals surface area contributed by atoms with E-state index in [4.69, 9.17) is 5.11 Å². The zero-order chi connectivity index (χ0) is 13.5. The standard InChI is InChI=1S/C16H32O2.Ga.3H/c1-2-3-4-5-6-7-8-9-10-11-12-13-14-15-16(17)18;;;;/h2-15H2,1H3,(H,17,18);;;;. The third-order valence-corrected chi connectivity index (χ3v) is 3.49. The number of unbranched alkanes of at least 4 members (excludes halogenated alkanes) is 12. The molecule has 2 nitrogen and oxygen atoms in total. The van der Waals surface area contributed by atoms with Crippen molar-refractivity contribution in [2.75, 3.05) is 0 Å². The number of hydrogen-bond donors (Lipinski definition) is 1. The van der Waals surface area contributed by atoms with E-state index in [2.05, 4.69) is 6.92 Å². The Bertz CT molecular complexity index is 184. The molecule has 0 atom stereocenters. The van der Waals surface area contributed by atoms with Crippen molar-refractivity contribution in [2.24, 2.45) is 0 Å². The number of hydrogen-bond acceptors (Lipinski definition) is 1. The molecule has 0 aliphatic carbocycles. The molecule has 0 aliphatic rings. The summed E-state index contributed by atoms with van der Waals surface area (Å²) in [6, 6.07) is 0. The molecule has 0 heterocycles. The van der Waals surface area contributed by atoms with Crippen molar-refractivity contribution in [2.45, 2.75) is 96.8 Å². The minimum absolute atomic E-state index is 0. The first-order valence-electron chi connectivity index (χ1n) is 7.99. The molecule has 19 heavy (non-hydrogen) atoms. The Balaban J connectivity index is 0. The van der Waals surface area contributed by atoms with E-state index in [-0.39, 0.29) is 19.8 Å². The first kappa shape index (κ1) is 21.4. The Morgan fingerprint density at radius 1 is 0.684 bits per heavy atom. The van der Waals surface area contributed by atoms with Crippen LogP contribution >= 0.6 is 0 Å². The Hall–Kier alpha value is 0.106. The van der Waals surface area contributed by atoms with E-state index in [0.29, 0.717) is 6.42 Å². The topological polar surface area (TPSA) is 37.3 Å². The molecule has 0 aliphatic heterocycles. The van der Waals surface area contributed by atoms with E-state index in [9.17, 15) is 4.79 Å². The maximum atomic E-state index is 10.3. The van der Waals surface area contributed by atoms with Crippen LogP contribution in [-0.2, 0) is 4.79 Å². The molecule has 114 valence electrons. The van der Waals surface area contributed by atoms with Crippen LogP contribution in [0.4, 0.5) is 0 Å². The summed E-state index contributed by atoms with van der Waals surface area (Å²) < 4.78 is 0. The fourth-order valence-corrected chi connectivity index (χ4v) is 2.29. The average Bonchev–Trinajstić information content (AvgIpc) is 2.34. The van der Waals surface area contributed by atoms with Crippen molar-refractivity contribution in [1.29, 1.82) is 0 Å². The van der Waals surface area contributed by atoms with Gasteiger partial charge in [0, 0.05) is 6.42 Å². The second-order valence-electron chi connectivity index (χ2n) is 5.39. The number of carboxylic acid groups (broad SMARTS) is 1. The zero-order valence-corrected chi connectivity index (χ0v) is 12.3. The van der Waals surface area contributed by atoms with E-state index in [1.165, 1.54) is 70.6 Å². The molecule has 0 unspecified atom stereocenters. The second-order valence-corrected chi connectivity index (χ2v) is 5.39. The van der Waals surface area contributed by atoms with Gasteiger partial charge in [0.1, 0.15) is 0 Å². The summed E-state index contributed by atoms with van der Waals surface area (Å²) in [5.74, 6) is -0.655. The van der Waals surface area contributed by atoms with E-state index in [0.717, 1.165) is 12.8 Å². The van der Waals surface area contributed by atoms with Gasteiger partial charge in [0.2, 0.25) is 0 Å². The summed E-state index contributed by atoms with van der Waals surface area (Å²) in [6.45, 7) is 2.26. The van der Waals surface area contributed by atoms with Gasteiger partial charge in [0.15, 0.2) is 0 Å². The molecule has 0 saturated heterocycles. The summed E-state index contributed by atoms with van der Waals surface area (Å²) in [5.41, 5.74) is 0. The summed E-state index contributed by atoms with van der Waals surface area (Å²) >= 11 is 0. The average molecular weight is 329 g/mol. The van der Waals surface area contributed by atoms with Gasteiger partial charge in [0.25, 0.3) is 0 Å². The van der Waals surface area contributed by atoms with Crippen LogP contribution in [0.5, 0.6) is 0 Å². The van der Waals surface area contributed by atoms with Crippen molar-refractivity contribution in [3.8, 4) is 0 Å². The first-order valence-corrected chi connectivity index (χ1v) is 7.99. The Labute approximate surface area is 132 Å². The van der Waals surface area contributed by atoms with Crippen molar-refractivity contribution in [3.63, 3.8) is 0 Å². The monoisotopic (exact) mass is 328 g/mol. The molecule has 1 N–H and O–H groups in total. The number of rotatable bonds is 14. The summed E-state index contributed by atoms with van der Waals surface area (Å²) in [6.07, 6.45) is 17.3. The molecule has 0 saturated carbocycles. The molecule has 0 aromatic carbocycles. The van der Waals surface area contributed by atoms with Crippen molar-refractivity contribution < 1.29 is 9.90 Å². The molecule has 0 spiro atoms. The molecule has 0 aromatic heterocycles. The van der Waals surface area contributed by atoms with Gasteiger partial charge in [-0.15, -0.1) is 0 Å². The molecule has 0 rings (SSSR count). The molecule has 0 bridgehead atoms. The van der Waals surface area contributed by atoms with E-state index in [1.54, 1.807) is 0 Å². The molecule has 0 radical (unpaired) electrons. The number of carboxylic acids is 1. The predicted octanol–water partition coefficient (Wildman–Crippen LogP) is 4.37. The third kappa shape index (κ3) is 20.6. The van der Waals surface area contributed by atoms with Crippen molar-refractivity contribution >= 4 is 25.8 Å². The van der Waals surface area contributed by atoms with Gasteiger partial charge in [-0.25, -0.2) is 0 Å². The van der Waals surface area contributed by atoms with E-state index < -0.39 is 5.97 Å². The number of aliphatic carboxylic acids is 1. The molecule has 3 heteroatoms. The normalized spacial score (nSPS) is 10.2. The zero-order valence-electron chi connectivity index (χ0n) is 12.3. The molecular weight excluding hydrogens is 294 g/mol. The summed E-state index contributed by atoms with van der Waals surface area (Å²) in [5, 5.41) is 8.49. The van der Waals surface area contributed by atoms with Gasteiger partial charge in [-0.1, -0.05) is 84.0 Å². The van der Waals surface area contributed by atoms with E-state index in [1.807, 2.05) is 0 Å². The minimum atomic E-state index is -0.655. The summed E-state index contributed by atoms with van der Waals surface area (Å²) in [7, 11) is 0. The Morgan fingerprint density at radius 3 is 1.32 bits per heavy atom. The van der Waals surface area contributed by atoms with Crippen LogP contribution in [0.1, 0.15) is 96.8 Å². The van der Waals surface area contributed by atoms with Crippen LogP contribution in [0.3, 0.4) is 0 Å². The van der Waals surface area contributed by atoms with Crippen LogP contribution in [0.2, 0.25) is 0 Å². The number of carbonyl (C=O) groups is 1. The van der Waals surface area contributed by atoms with Gasteiger partial charge in [-0.05, 0) is 6.42 Å². The molecular formula is C16H35GaO2. The second kappa shape index (κ2) is 18.1. The van der Waals surface area contributed by atoms with Crippen LogP contribution in [0.25, 0.3) is 0 Å². The third-order valence-electron chi connectivity index (χ3n) is 3.49. The van der Waals surface area contributed by atoms with Crippen LogP contribution in [0.15, 0.2) is 0 Å². The van der Waals surface area contributed by atoms with Gasteiger partial charge in [0.05, 0.1) is 0 Å². The summed E-state index contributed by atoms with van der Waals surface area (Å²) in [4.78, 5) is 10.3. The van der Waals surface area contributed by atoms with E-state index >= 15 is 0 Å². The van der Waals surface area contributed by atoms with Crippen LogP contribution in [0, 0.1) is 0 Å². The maximum absolute atomic E-state index is 10.3. The quantitative estimate of drug-likeness (QED) is 0.380. The predicted molar refractivity (Wildman–Crippen MR) is 87.9 cm³/mol. The Morgan fingerprint density at radius 2 is 1.00 bits per heavy atom. The Kier molecular flexibility index (Phi) is 20.4. The SMILES string of the molecule is CCCCCCCCCCCCCCCC(=O)O.[GaH3]. The van der Waals surface area contributed by atoms with Crippen LogP contribution in [-0.4, -0.2) is 30.9 Å². The fourth-order valence-electron chi connectivity index (χ4n) is 2.29. The van der Waals surface area contributed by atoms with Gasteiger partial charge < -0.3 is 5.11 Å². The van der Waals surface area contributed by atoms with Crippen LogP contribution < -0.4 is 0 Å². The first-order chi connectivity index (χ1) is 8.77. The van der Waals surface area contributed by atoms with Gasteiger partial charge >= 0.3 is 25.8 Å². The van der Waals surface area contributed by atoms with Gasteiger partial charge in [-0.3, -0.25) is 4.79 Å². The fraction of sp³-hybridized carbons (Fsp3) is 0.938. The van der Waals surface area contributed by atoms with Crippen molar-refractivity contribution in [1.82, 2.24) is 0 Å².